The zero-order chi connectivity index (χ0) is 20.0. The minimum Gasteiger partial charge on any atom is -0.390 e. The maximum Gasteiger partial charge on any atom is 0.390 e. The SMILES string of the molecule is CCC(O)[C@@]12C=NC(C3CCCO3)N(O)C1(F)NC(=O)N2CCC(F)(F)F. The van der Waals surface area contributed by atoms with Crippen molar-refractivity contribution in [3.63, 3.8) is 0 Å². The van der Waals surface area contributed by atoms with Crippen molar-refractivity contribution in [3.05, 3.63) is 0 Å². The highest BCUT2D eigenvalue weighted by Crippen LogP contribution is 2.45. The molecular formula is C15H22F4N4O4. The number of ether oxygens (including phenoxy) is 1. The molecule has 0 aromatic rings. The third-order valence-corrected chi connectivity index (χ3v) is 5.30. The summed E-state index contributed by atoms with van der Waals surface area (Å²) in [4.78, 5) is 16.9. The fourth-order valence-electron chi connectivity index (χ4n) is 3.90. The molecule has 12 heteroatoms. The molecule has 3 aliphatic rings. The molecule has 0 radical (unpaired) electrons. The summed E-state index contributed by atoms with van der Waals surface area (Å²) in [6.45, 7) is 0.978. The smallest absolute Gasteiger partial charge is 0.390 e. The number of carbonyl (C=O) groups excluding carboxylic acids is 1. The van der Waals surface area contributed by atoms with Crippen molar-refractivity contribution in [1.29, 1.82) is 0 Å². The van der Waals surface area contributed by atoms with Crippen LogP contribution in [-0.2, 0) is 4.74 Å². The summed E-state index contributed by atoms with van der Waals surface area (Å²) < 4.78 is 59.4. The van der Waals surface area contributed by atoms with Crippen LogP contribution in [0.25, 0.3) is 0 Å². The molecule has 2 saturated heterocycles. The number of fused-ring (bicyclic) bond motifs is 1. The number of nitrogens with zero attached hydrogens (tertiary/aromatic N) is 3. The van der Waals surface area contributed by atoms with Gasteiger partial charge in [0.2, 0.25) is 0 Å². The number of alkyl halides is 4. The van der Waals surface area contributed by atoms with E-state index in [0.29, 0.717) is 24.3 Å². The zero-order valence-electron chi connectivity index (χ0n) is 14.6. The molecule has 3 aliphatic heterocycles. The van der Waals surface area contributed by atoms with Crippen LogP contribution in [0.15, 0.2) is 4.99 Å². The van der Waals surface area contributed by atoms with Crippen molar-refractivity contribution in [1.82, 2.24) is 15.3 Å². The van der Waals surface area contributed by atoms with Gasteiger partial charge in [0.05, 0.1) is 18.6 Å². The van der Waals surface area contributed by atoms with Crippen molar-refractivity contribution < 1.29 is 37.4 Å². The number of aliphatic hydroxyl groups is 1. The summed E-state index contributed by atoms with van der Waals surface area (Å²) in [5.74, 6) is -3.07. The average molecular weight is 398 g/mol. The lowest BCUT2D eigenvalue weighted by molar-refractivity contribution is -0.302. The van der Waals surface area contributed by atoms with E-state index in [1.807, 2.05) is 5.32 Å². The minimum atomic E-state index is -4.59. The molecule has 3 rings (SSSR count). The number of hydrogen-bond donors (Lipinski definition) is 3. The third-order valence-electron chi connectivity index (χ3n) is 5.30. The predicted molar refractivity (Wildman–Crippen MR) is 83.7 cm³/mol. The van der Waals surface area contributed by atoms with Crippen molar-refractivity contribution in [3.8, 4) is 0 Å². The van der Waals surface area contributed by atoms with Gasteiger partial charge < -0.3 is 20.0 Å². The first kappa shape index (κ1) is 20.2. The van der Waals surface area contributed by atoms with Crippen LogP contribution in [0.5, 0.6) is 0 Å². The average Bonchev–Trinajstić information content (AvgIpc) is 3.18. The number of hydroxylamine groups is 2. The fourth-order valence-corrected chi connectivity index (χ4v) is 3.90. The molecule has 4 unspecified atom stereocenters. The Bertz CT molecular complexity index is 615. The van der Waals surface area contributed by atoms with Crippen molar-refractivity contribution >= 4 is 12.2 Å². The van der Waals surface area contributed by atoms with Gasteiger partial charge in [0.25, 0.3) is 5.92 Å². The molecule has 3 heterocycles. The maximum atomic E-state index is 16.0. The Morgan fingerprint density at radius 1 is 1.52 bits per heavy atom. The molecular weight excluding hydrogens is 376 g/mol. The van der Waals surface area contributed by atoms with Crippen LogP contribution in [0, 0.1) is 0 Å². The molecule has 5 atom stereocenters. The van der Waals surface area contributed by atoms with Crippen molar-refractivity contribution in [2.75, 3.05) is 13.2 Å². The number of urea groups is 1. The van der Waals surface area contributed by atoms with Gasteiger partial charge in [0, 0.05) is 19.4 Å². The van der Waals surface area contributed by atoms with E-state index in [0.717, 1.165) is 6.21 Å². The summed E-state index contributed by atoms with van der Waals surface area (Å²) in [6, 6.07) is -1.17. The Balaban J connectivity index is 2.01. The van der Waals surface area contributed by atoms with Crippen molar-refractivity contribution in [2.45, 2.75) is 68.6 Å². The van der Waals surface area contributed by atoms with E-state index < -0.39 is 55.0 Å². The van der Waals surface area contributed by atoms with Crippen molar-refractivity contribution in [2.24, 2.45) is 4.99 Å². The lowest BCUT2D eigenvalue weighted by Gasteiger charge is -2.50. The Hall–Kier alpha value is -1.50. The molecule has 0 saturated carbocycles. The topological polar surface area (TPSA) is 97.6 Å². The molecule has 2 fully saturated rings. The summed E-state index contributed by atoms with van der Waals surface area (Å²) in [7, 11) is 0. The second kappa shape index (κ2) is 6.83. The van der Waals surface area contributed by atoms with E-state index in [4.69, 9.17) is 4.74 Å². The molecule has 2 amide bonds. The quantitative estimate of drug-likeness (QED) is 0.480. The van der Waals surface area contributed by atoms with Crippen LogP contribution in [0.3, 0.4) is 0 Å². The molecule has 0 aromatic carbocycles. The number of rotatable bonds is 5. The Morgan fingerprint density at radius 3 is 2.78 bits per heavy atom. The van der Waals surface area contributed by atoms with Gasteiger partial charge in [-0.3, -0.25) is 10.3 Å². The molecule has 0 aliphatic carbocycles. The Morgan fingerprint density at radius 2 is 2.22 bits per heavy atom. The summed E-state index contributed by atoms with van der Waals surface area (Å²) in [5, 5.41) is 23.0. The van der Waals surface area contributed by atoms with Gasteiger partial charge in [-0.2, -0.15) is 17.6 Å². The van der Waals surface area contributed by atoms with Crippen LogP contribution < -0.4 is 5.32 Å². The van der Waals surface area contributed by atoms with Gasteiger partial charge in [0.1, 0.15) is 0 Å². The van der Waals surface area contributed by atoms with E-state index in [1.54, 1.807) is 0 Å². The molecule has 154 valence electrons. The Kier molecular flexibility index (Phi) is 5.12. The number of hydrogen-bond acceptors (Lipinski definition) is 6. The molecule has 8 nitrogen and oxygen atoms in total. The number of carbonyl (C=O) groups is 1. The monoisotopic (exact) mass is 398 g/mol. The number of aliphatic imine (C=N–C) groups is 1. The highest BCUT2D eigenvalue weighted by Gasteiger charge is 2.72. The van der Waals surface area contributed by atoms with Crippen LogP contribution in [0.4, 0.5) is 22.4 Å². The van der Waals surface area contributed by atoms with E-state index >= 15 is 4.39 Å². The number of halogens is 4. The largest absolute Gasteiger partial charge is 0.390 e. The lowest BCUT2D eigenvalue weighted by atomic mass is 9.84. The Labute approximate surface area is 152 Å². The minimum absolute atomic E-state index is 0.0897. The van der Waals surface area contributed by atoms with Gasteiger partial charge in [-0.15, -0.1) is 5.06 Å². The fraction of sp³-hybridized carbons (Fsp3) is 0.867. The van der Waals surface area contributed by atoms with E-state index in [-0.39, 0.29) is 11.5 Å². The summed E-state index contributed by atoms with van der Waals surface area (Å²) in [6.07, 6.45) is -7.43. The summed E-state index contributed by atoms with van der Waals surface area (Å²) >= 11 is 0. The first-order valence-corrected chi connectivity index (χ1v) is 8.74. The van der Waals surface area contributed by atoms with Gasteiger partial charge in [0.15, 0.2) is 11.7 Å². The maximum absolute atomic E-state index is 16.0. The first-order valence-electron chi connectivity index (χ1n) is 8.74. The number of nitrogens with one attached hydrogen (secondary N) is 1. The zero-order valence-corrected chi connectivity index (χ0v) is 14.6. The number of amides is 2. The molecule has 3 N–H and O–H groups in total. The van der Waals surface area contributed by atoms with Gasteiger partial charge in [-0.05, 0) is 19.3 Å². The second-order valence-electron chi connectivity index (χ2n) is 6.91. The lowest BCUT2D eigenvalue weighted by Crippen LogP contribution is -2.76. The summed E-state index contributed by atoms with van der Waals surface area (Å²) in [5.41, 5.74) is -2.31. The van der Waals surface area contributed by atoms with Gasteiger partial charge in [-0.25, -0.2) is 4.79 Å². The first-order chi connectivity index (χ1) is 12.6. The standard InChI is InChI=1S/C15H22F4N4O4/c1-2-10(24)13-8-20-11(9-4-3-7-27-9)23(26)15(13,19)21-12(25)22(13)6-5-14(16,17)18/h8-11,24,26H,2-7H2,1H3,(H,21,25)/t9?,10?,11?,13-,15?/m0/s1. The highest BCUT2D eigenvalue weighted by atomic mass is 19.4. The normalized spacial score (nSPS) is 38.2. The van der Waals surface area contributed by atoms with Crippen LogP contribution in [-0.4, -0.2) is 81.7 Å². The van der Waals surface area contributed by atoms with E-state index in [9.17, 15) is 28.3 Å². The van der Waals surface area contributed by atoms with E-state index in [1.165, 1.54) is 6.92 Å². The predicted octanol–water partition coefficient (Wildman–Crippen LogP) is 1.38. The third kappa shape index (κ3) is 3.08. The van der Waals surface area contributed by atoms with Crippen LogP contribution in [0.1, 0.15) is 32.6 Å². The molecule has 27 heavy (non-hydrogen) atoms. The van der Waals surface area contributed by atoms with Gasteiger partial charge in [-0.1, -0.05) is 6.92 Å². The van der Waals surface area contributed by atoms with Crippen LogP contribution in [0.2, 0.25) is 0 Å². The number of aliphatic hydroxyl groups excluding tert-OH is 1. The van der Waals surface area contributed by atoms with Gasteiger partial charge >= 0.3 is 12.2 Å². The molecule has 0 aromatic heterocycles. The molecule has 0 spiro atoms. The van der Waals surface area contributed by atoms with E-state index in [2.05, 4.69) is 4.99 Å². The highest BCUT2D eigenvalue weighted by molar-refractivity contribution is 5.90. The van der Waals surface area contributed by atoms with Crippen LogP contribution >= 0.6 is 0 Å². The second-order valence-corrected chi connectivity index (χ2v) is 6.91. The molecule has 0 bridgehead atoms.